The topological polar surface area (TPSA) is 30.2 Å². The maximum atomic E-state index is 12.1. The molecule has 0 aliphatic heterocycles. The zero-order chi connectivity index (χ0) is 14.9. The summed E-state index contributed by atoms with van der Waals surface area (Å²) in [7, 11) is 0. The molecule has 0 saturated heterocycles. The molecule has 106 valence electrons. The van der Waals surface area contributed by atoms with Crippen molar-refractivity contribution in [2.24, 2.45) is 0 Å². The van der Waals surface area contributed by atoms with Gasteiger partial charge in [0.05, 0.1) is 11.7 Å². The van der Waals surface area contributed by atoms with E-state index in [1.165, 1.54) is 0 Å². The predicted molar refractivity (Wildman–Crippen MR) is 84.6 cm³/mol. The number of fused-ring (bicyclic) bond motifs is 1. The minimum absolute atomic E-state index is 0.380. The van der Waals surface area contributed by atoms with E-state index in [1.54, 1.807) is 6.26 Å². The Hall–Kier alpha value is -2.06. The molecule has 1 aromatic heterocycles. The van der Waals surface area contributed by atoms with Gasteiger partial charge >= 0.3 is 0 Å². The minimum atomic E-state index is -0.802. The standard InChI is InChI=1S/C18H15ClO2/c1-18(17(19)20,12-16-7-4-10-21-16)15-9-8-13-5-2-3-6-14(13)11-15/h2-11H,12H2,1H3. The quantitative estimate of drug-likeness (QED) is 0.654. The fourth-order valence-electron chi connectivity index (χ4n) is 2.58. The number of carbonyl (C=O) groups excluding carboxylic acids is 1. The zero-order valence-electron chi connectivity index (χ0n) is 11.7. The minimum Gasteiger partial charge on any atom is -0.469 e. The third-order valence-electron chi connectivity index (χ3n) is 3.93. The molecule has 21 heavy (non-hydrogen) atoms. The molecule has 3 aromatic rings. The normalized spacial score (nSPS) is 14.0. The molecule has 1 heterocycles. The SMILES string of the molecule is CC(Cc1ccco1)(C(=O)Cl)c1ccc2ccccc2c1. The lowest BCUT2D eigenvalue weighted by Crippen LogP contribution is -2.31. The van der Waals surface area contributed by atoms with E-state index in [-0.39, 0.29) is 5.24 Å². The summed E-state index contributed by atoms with van der Waals surface area (Å²) < 4.78 is 5.38. The third kappa shape index (κ3) is 2.59. The maximum Gasteiger partial charge on any atom is 0.232 e. The van der Waals surface area contributed by atoms with Gasteiger partial charge in [0.2, 0.25) is 5.24 Å². The highest BCUT2D eigenvalue weighted by molar-refractivity contribution is 6.65. The first-order valence-corrected chi connectivity index (χ1v) is 7.19. The molecular weight excluding hydrogens is 284 g/mol. The van der Waals surface area contributed by atoms with E-state index in [0.29, 0.717) is 6.42 Å². The molecule has 1 unspecified atom stereocenters. The Morgan fingerprint density at radius 3 is 2.52 bits per heavy atom. The van der Waals surface area contributed by atoms with Crippen molar-refractivity contribution in [1.82, 2.24) is 0 Å². The number of halogens is 1. The Balaban J connectivity index is 2.08. The van der Waals surface area contributed by atoms with Gasteiger partial charge in [-0.2, -0.15) is 0 Å². The van der Waals surface area contributed by atoms with Gasteiger partial charge in [-0.15, -0.1) is 0 Å². The first-order valence-electron chi connectivity index (χ1n) is 6.81. The van der Waals surface area contributed by atoms with Gasteiger partial charge in [-0.1, -0.05) is 42.5 Å². The molecular formula is C18H15ClO2. The number of hydrogen-bond acceptors (Lipinski definition) is 2. The van der Waals surface area contributed by atoms with Crippen LogP contribution in [-0.2, 0) is 16.6 Å². The molecule has 0 saturated carbocycles. The summed E-state index contributed by atoms with van der Waals surface area (Å²) in [5, 5.41) is 1.86. The number of benzene rings is 2. The molecule has 0 radical (unpaired) electrons. The van der Waals surface area contributed by atoms with E-state index in [1.807, 2.05) is 61.5 Å². The van der Waals surface area contributed by atoms with Crippen molar-refractivity contribution in [2.75, 3.05) is 0 Å². The van der Waals surface area contributed by atoms with Crippen molar-refractivity contribution in [2.45, 2.75) is 18.8 Å². The predicted octanol–water partition coefficient (Wildman–Crippen LogP) is 4.70. The number of carbonyl (C=O) groups is 1. The Bertz CT molecular complexity index is 777. The molecule has 0 N–H and O–H groups in total. The van der Waals surface area contributed by atoms with Gasteiger partial charge in [0, 0.05) is 6.42 Å². The van der Waals surface area contributed by atoms with Crippen molar-refractivity contribution in [3.05, 3.63) is 72.2 Å². The second-order valence-corrected chi connectivity index (χ2v) is 5.77. The highest BCUT2D eigenvalue weighted by Crippen LogP contribution is 2.33. The fourth-order valence-corrected chi connectivity index (χ4v) is 2.76. The van der Waals surface area contributed by atoms with Crippen LogP contribution in [-0.4, -0.2) is 5.24 Å². The molecule has 0 bridgehead atoms. The van der Waals surface area contributed by atoms with Crippen molar-refractivity contribution >= 4 is 27.6 Å². The van der Waals surface area contributed by atoms with Crippen LogP contribution in [0.5, 0.6) is 0 Å². The van der Waals surface area contributed by atoms with Crippen LogP contribution in [0.25, 0.3) is 10.8 Å². The van der Waals surface area contributed by atoms with E-state index in [0.717, 1.165) is 22.1 Å². The van der Waals surface area contributed by atoms with Crippen molar-refractivity contribution < 1.29 is 9.21 Å². The highest BCUT2D eigenvalue weighted by Gasteiger charge is 2.35. The van der Waals surface area contributed by atoms with Crippen LogP contribution in [0.1, 0.15) is 18.2 Å². The number of furan rings is 1. The molecule has 0 fully saturated rings. The first kappa shape index (κ1) is 13.9. The van der Waals surface area contributed by atoms with Crippen LogP contribution in [0.3, 0.4) is 0 Å². The van der Waals surface area contributed by atoms with Gasteiger partial charge in [0.1, 0.15) is 5.76 Å². The van der Waals surface area contributed by atoms with E-state index >= 15 is 0 Å². The molecule has 2 nitrogen and oxygen atoms in total. The largest absolute Gasteiger partial charge is 0.469 e. The Morgan fingerprint density at radius 1 is 1.10 bits per heavy atom. The van der Waals surface area contributed by atoms with Crippen LogP contribution in [0, 0.1) is 0 Å². The van der Waals surface area contributed by atoms with E-state index in [2.05, 4.69) is 0 Å². The van der Waals surface area contributed by atoms with Crippen LogP contribution in [0.15, 0.2) is 65.3 Å². The number of rotatable bonds is 4. The Kier molecular flexibility index (Phi) is 3.56. The van der Waals surface area contributed by atoms with Crippen molar-refractivity contribution in [3.8, 4) is 0 Å². The molecule has 1 atom stereocenters. The van der Waals surface area contributed by atoms with Crippen LogP contribution in [0.4, 0.5) is 0 Å². The smallest absolute Gasteiger partial charge is 0.232 e. The Labute approximate surface area is 128 Å². The lowest BCUT2D eigenvalue weighted by molar-refractivity contribution is -0.116. The third-order valence-corrected chi connectivity index (χ3v) is 4.35. The fraction of sp³-hybridized carbons (Fsp3) is 0.167. The molecule has 0 spiro atoms. The van der Waals surface area contributed by atoms with E-state index < -0.39 is 5.41 Å². The Morgan fingerprint density at radius 2 is 1.86 bits per heavy atom. The molecule has 0 aliphatic rings. The van der Waals surface area contributed by atoms with Crippen LogP contribution >= 0.6 is 11.6 Å². The summed E-state index contributed by atoms with van der Waals surface area (Å²) in [6.45, 7) is 1.86. The van der Waals surface area contributed by atoms with Gasteiger partial charge in [0.15, 0.2) is 0 Å². The highest BCUT2D eigenvalue weighted by atomic mass is 35.5. The number of hydrogen-bond donors (Lipinski definition) is 0. The molecule has 0 amide bonds. The second-order valence-electron chi connectivity index (χ2n) is 5.42. The van der Waals surface area contributed by atoms with Gasteiger partial charge in [-0.3, -0.25) is 4.79 Å². The lowest BCUT2D eigenvalue weighted by atomic mass is 9.79. The summed E-state index contributed by atoms with van der Waals surface area (Å²) >= 11 is 5.91. The van der Waals surface area contributed by atoms with Crippen molar-refractivity contribution in [1.29, 1.82) is 0 Å². The summed E-state index contributed by atoms with van der Waals surface area (Å²) in [6, 6.07) is 17.7. The van der Waals surface area contributed by atoms with Crippen molar-refractivity contribution in [3.63, 3.8) is 0 Å². The maximum absolute atomic E-state index is 12.1. The van der Waals surface area contributed by atoms with E-state index in [9.17, 15) is 4.79 Å². The van der Waals surface area contributed by atoms with Crippen LogP contribution in [0.2, 0.25) is 0 Å². The molecule has 2 aromatic carbocycles. The van der Waals surface area contributed by atoms with Crippen LogP contribution < -0.4 is 0 Å². The van der Waals surface area contributed by atoms with Gasteiger partial charge in [0.25, 0.3) is 0 Å². The second kappa shape index (κ2) is 5.38. The monoisotopic (exact) mass is 298 g/mol. The average Bonchev–Trinajstić information content (AvgIpc) is 2.99. The molecule has 3 rings (SSSR count). The molecule has 3 heteroatoms. The van der Waals surface area contributed by atoms with E-state index in [4.69, 9.17) is 16.0 Å². The summed E-state index contributed by atoms with van der Waals surface area (Å²) in [5.74, 6) is 0.750. The summed E-state index contributed by atoms with van der Waals surface area (Å²) in [6.07, 6.45) is 2.05. The summed E-state index contributed by atoms with van der Waals surface area (Å²) in [4.78, 5) is 12.1. The average molecular weight is 299 g/mol. The van der Waals surface area contributed by atoms with Gasteiger partial charge < -0.3 is 4.42 Å². The lowest BCUT2D eigenvalue weighted by Gasteiger charge is -2.25. The van der Waals surface area contributed by atoms with Gasteiger partial charge in [-0.25, -0.2) is 0 Å². The first-order chi connectivity index (χ1) is 10.1. The zero-order valence-corrected chi connectivity index (χ0v) is 12.4. The van der Waals surface area contributed by atoms with Gasteiger partial charge in [-0.05, 0) is 47.0 Å². The molecule has 0 aliphatic carbocycles. The summed E-state index contributed by atoms with van der Waals surface area (Å²) in [5.41, 5.74) is 0.0984.